The van der Waals surface area contributed by atoms with Gasteiger partial charge in [0, 0.05) is 17.1 Å². The maximum Gasteiger partial charge on any atom is 0.270 e. The molecule has 1 aliphatic rings. The van der Waals surface area contributed by atoms with Crippen molar-refractivity contribution in [3.05, 3.63) is 88.2 Å². The van der Waals surface area contributed by atoms with Gasteiger partial charge in [0.25, 0.3) is 11.8 Å². The van der Waals surface area contributed by atoms with E-state index >= 15 is 0 Å². The first-order valence-electron chi connectivity index (χ1n) is 11.1. The maximum atomic E-state index is 13.4. The van der Waals surface area contributed by atoms with Crippen LogP contribution in [0.25, 0.3) is 11.8 Å². The molecule has 33 heavy (non-hydrogen) atoms. The summed E-state index contributed by atoms with van der Waals surface area (Å²) in [5, 5.41) is 2.76. The summed E-state index contributed by atoms with van der Waals surface area (Å²) < 4.78 is 2.17. The molecule has 1 aliphatic heterocycles. The first kappa shape index (κ1) is 22.7. The molecule has 2 heterocycles. The van der Waals surface area contributed by atoms with Crippen LogP contribution in [-0.4, -0.2) is 21.5 Å². The number of nitrogens with zero attached hydrogens (tertiary/aromatic N) is 2. The molecule has 0 spiro atoms. The smallest absolute Gasteiger partial charge is 0.270 e. The molecule has 4 rings (SSSR count). The third-order valence-electron chi connectivity index (χ3n) is 6.09. The van der Waals surface area contributed by atoms with Crippen molar-refractivity contribution in [2.24, 2.45) is 0 Å². The van der Waals surface area contributed by atoms with Crippen LogP contribution in [0.1, 0.15) is 41.9 Å². The summed E-state index contributed by atoms with van der Waals surface area (Å²) in [5.74, 6) is -0.906. The molecule has 6 heteroatoms. The summed E-state index contributed by atoms with van der Waals surface area (Å²) in [6, 6.07) is 17.9. The Balaban J connectivity index is 1.76. The van der Waals surface area contributed by atoms with Crippen LogP contribution in [0.15, 0.2) is 60.2 Å². The van der Waals surface area contributed by atoms with E-state index in [-0.39, 0.29) is 10.7 Å². The standard InChI is InChI=1S/C27H27N3O2S/c1-5-19-11-13-22(14-12-19)30-26(32)23(25(31)28-27(30)33)16-21-15-17(3)29(18(21)4)24-10-8-7-9-20(24)6-2/h7-16H,5-6H2,1-4H3,(H,28,31,33)/b23-16+. The van der Waals surface area contributed by atoms with Crippen LogP contribution in [0.5, 0.6) is 0 Å². The van der Waals surface area contributed by atoms with E-state index in [0.29, 0.717) is 5.69 Å². The second kappa shape index (κ2) is 9.16. The van der Waals surface area contributed by atoms with Crippen molar-refractivity contribution in [1.82, 2.24) is 9.88 Å². The Kier molecular flexibility index (Phi) is 6.29. The van der Waals surface area contributed by atoms with Crippen LogP contribution in [-0.2, 0) is 22.4 Å². The van der Waals surface area contributed by atoms with Crippen LogP contribution >= 0.6 is 12.2 Å². The Hall–Kier alpha value is -3.51. The van der Waals surface area contributed by atoms with Crippen molar-refractivity contribution in [2.45, 2.75) is 40.5 Å². The monoisotopic (exact) mass is 457 g/mol. The van der Waals surface area contributed by atoms with Crippen LogP contribution in [0.4, 0.5) is 5.69 Å². The summed E-state index contributed by atoms with van der Waals surface area (Å²) in [4.78, 5) is 27.5. The number of aromatic nitrogens is 1. The number of nitrogens with one attached hydrogen (secondary N) is 1. The lowest BCUT2D eigenvalue weighted by Gasteiger charge is -2.29. The molecule has 0 bridgehead atoms. The normalized spacial score (nSPS) is 15.3. The predicted molar refractivity (Wildman–Crippen MR) is 137 cm³/mol. The quantitative estimate of drug-likeness (QED) is 0.331. The van der Waals surface area contributed by atoms with E-state index in [1.165, 1.54) is 10.5 Å². The minimum Gasteiger partial charge on any atom is -0.318 e. The van der Waals surface area contributed by atoms with Gasteiger partial charge in [0.05, 0.1) is 5.69 Å². The van der Waals surface area contributed by atoms with E-state index in [1.807, 2.05) is 56.3 Å². The van der Waals surface area contributed by atoms with E-state index in [0.717, 1.165) is 41.0 Å². The van der Waals surface area contributed by atoms with E-state index in [1.54, 1.807) is 6.08 Å². The molecule has 1 fully saturated rings. The van der Waals surface area contributed by atoms with Crippen molar-refractivity contribution >= 4 is 40.9 Å². The number of hydrogen-bond donors (Lipinski definition) is 1. The molecular weight excluding hydrogens is 430 g/mol. The van der Waals surface area contributed by atoms with Gasteiger partial charge in [-0.2, -0.15) is 0 Å². The molecule has 3 aromatic rings. The number of benzene rings is 2. The molecule has 168 valence electrons. The van der Waals surface area contributed by atoms with E-state index in [9.17, 15) is 9.59 Å². The van der Waals surface area contributed by atoms with Crippen LogP contribution in [0, 0.1) is 13.8 Å². The second-order valence-electron chi connectivity index (χ2n) is 8.12. The molecule has 0 radical (unpaired) electrons. The molecule has 2 aromatic carbocycles. The topological polar surface area (TPSA) is 54.3 Å². The summed E-state index contributed by atoms with van der Waals surface area (Å²) in [6.07, 6.45) is 3.48. The highest BCUT2D eigenvalue weighted by atomic mass is 32.1. The van der Waals surface area contributed by atoms with Crippen molar-refractivity contribution in [3.63, 3.8) is 0 Å². The van der Waals surface area contributed by atoms with Crippen LogP contribution in [0.3, 0.4) is 0 Å². The highest BCUT2D eigenvalue weighted by Gasteiger charge is 2.34. The van der Waals surface area contributed by atoms with Gasteiger partial charge >= 0.3 is 0 Å². The second-order valence-corrected chi connectivity index (χ2v) is 8.51. The van der Waals surface area contributed by atoms with Gasteiger partial charge in [-0.05, 0) is 85.9 Å². The number of rotatable bonds is 5. The Bertz CT molecular complexity index is 1290. The largest absolute Gasteiger partial charge is 0.318 e. The Morgan fingerprint density at radius 2 is 1.67 bits per heavy atom. The lowest BCUT2D eigenvalue weighted by atomic mass is 10.1. The van der Waals surface area contributed by atoms with Gasteiger partial charge in [-0.15, -0.1) is 0 Å². The first-order valence-corrected chi connectivity index (χ1v) is 11.5. The molecule has 0 unspecified atom stereocenters. The van der Waals surface area contributed by atoms with Crippen molar-refractivity contribution in [3.8, 4) is 5.69 Å². The zero-order valence-electron chi connectivity index (χ0n) is 19.3. The molecule has 1 N–H and O–H groups in total. The predicted octanol–water partition coefficient (Wildman–Crippen LogP) is 5.05. The number of carbonyl (C=O) groups is 2. The van der Waals surface area contributed by atoms with Gasteiger partial charge in [0.15, 0.2) is 5.11 Å². The van der Waals surface area contributed by atoms with Gasteiger partial charge in [0.2, 0.25) is 0 Å². The fourth-order valence-corrected chi connectivity index (χ4v) is 4.54. The van der Waals surface area contributed by atoms with Crippen molar-refractivity contribution < 1.29 is 9.59 Å². The SMILES string of the molecule is CCc1ccc(N2C(=O)/C(=C/c3cc(C)n(-c4ccccc4CC)c3C)C(=O)NC2=S)cc1. The summed E-state index contributed by atoms with van der Waals surface area (Å²) in [7, 11) is 0. The number of para-hydroxylation sites is 1. The van der Waals surface area contributed by atoms with Gasteiger partial charge in [-0.1, -0.05) is 44.2 Å². The minimum absolute atomic E-state index is 0.0622. The Labute approximate surface area is 199 Å². The third-order valence-corrected chi connectivity index (χ3v) is 6.37. The fraction of sp³-hybridized carbons (Fsp3) is 0.222. The molecule has 0 aliphatic carbocycles. The molecule has 0 saturated carbocycles. The molecule has 0 atom stereocenters. The summed E-state index contributed by atoms with van der Waals surface area (Å²) in [6.45, 7) is 8.23. The average Bonchev–Trinajstić information content (AvgIpc) is 3.09. The third kappa shape index (κ3) is 4.14. The number of hydrogen-bond acceptors (Lipinski definition) is 3. The lowest BCUT2D eigenvalue weighted by molar-refractivity contribution is -0.122. The highest BCUT2D eigenvalue weighted by molar-refractivity contribution is 7.80. The van der Waals surface area contributed by atoms with E-state index in [2.05, 4.69) is 35.9 Å². The molecule has 1 saturated heterocycles. The Morgan fingerprint density at radius 3 is 2.33 bits per heavy atom. The van der Waals surface area contributed by atoms with Gasteiger partial charge in [-0.3, -0.25) is 19.8 Å². The Morgan fingerprint density at radius 1 is 0.970 bits per heavy atom. The molecular formula is C27H27N3O2S. The maximum absolute atomic E-state index is 13.4. The van der Waals surface area contributed by atoms with Gasteiger partial charge in [0.1, 0.15) is 5.57 Å². The van der Waals surface area contributed by atoms with Crippen LogP contribution in [0.2, 0.25) is 0 Å². The molecule has 1 aromatic heterocycles. The summed E-state index contributed by atoms with van der Waals surface area (Å²) in [5.41, 5.74) is 7.03. The first-order chi connectivity index (χ1) is 15.8. The van der Waals surface area contributed by atoms with Crippen LogP contribution < -0.4 is 10.2 Å². The lowest BCUT2D eigenvalue weighted by Crippen LogP contribution is -2.54. The van der Waals surface area contributed by atoms with Crippen molar-refractivity contribution in [1.29, 1.82) is 0 Å². The van der Waals surface area contributed by atoms with E-state index < -0.39 is 11.8 Å². The zero-order valence-corrected chi connectivity index (χ0v) is 20.1. The summed E-state index contributed by atoms with van der Waals surface area (Å²) >= 11 is 5.33. The van der Waals surface area contributed by atoms with Crippen molar-refractivity contribution in [2.75, 3.05) is 4.90 Å². The highest BCUT2D eigenvalue weighted by Crippen LogP contribution is 2.27. The number of amides is 2. The number of thiocarbonyl (C=S) groups is 1. The fourth-order valence-electron chi connectivity index (χ4n) is 4.26. The number of aryl methyl sites for hydroxylation is 3. The molecule has 2 amide bonds. The minimum atomic E-state index is -0.481. The average molecular weight is 458 g/mol. The van der Waals surface area contributed by atoms with Gasteiger partial charge in [-0.25, -0.2) is 0 Å². The number of anilines is 1. The molecule has 5 nitrogen and oxygen atoms in total. The number of carbonyl (C=O) groups excluding carboxylic acids is 2. The van der Waals surface area contributed by atoms with Gasteiger partial charge < -0.3 is 4.57 Å². The zero-order chi connectivity index (χ0) is 23.7. The van der Waals surface area contributed by atoms with E-state index in [4.69, 9.17) is 12.2 Å².